The number of anilines is 6. The van der Waals surface area contributed by atoms with Crippen LogP contribution in [0.5, 0.6) is 0 Å². The fourth-order valence-electron chi connectivity index (χ4n) is 15.6. The molecule has 0 fully saturated rings. The molecule has 0 saturated carbocycles. The normalized spacial score (nSPS) is 20.2. The van der Waals surface area contributed by atoms with Gasteiger partial charge in [0.25, 0.3) is 0 Å². The van der Waals surface area contributed by atoms with E-state index in [2.05, 4.69) is 271 Å². The number of para-hydroxylation sites is 3. The van der Waals surface area contributed by atoms with Crippen LogP contribution in [0, 0.1) is 5.92 Å². The molecule has 84 heavy (non-hydrogen) atoms. The van der Waals surface area contributed by atoms with E-state index in [-0.39, 0.29) is 17.3 Å². The van der Waals surface area contributed by atoms with Crippen molar-refractivity contribution in [3.8, 4) is 11.1 Å². The zero-order chi connectivity index (χ0) is 58.0. The summed E-state index contributed by atoms with van der Waals surface area (Å²) in [6.07, 6.45) is 33.8. The summed E-state index contributed by atoms with van der Waals surface area (Å²) in [5.41, 5.74) is 26.9. The summed E-state index contributed by atoms with van der Waals surface area (Å²) >= 11 is 0. The smallest absolute Gasteiger partial charge is 0.0755 e. The van der Waals surface area contributed by atoms with Crippen LogP contribution in [0.25, 0.3) is 16.7 Å². The maximum atomic E-state index is 2.66. The van der Waals surface area contributed by atoms with E-state index in [4.69, 9.17) is 0 Å². The molecule has 8 aromatic rings. The predicted octanol–water partition coefficient (Wildman–Crippen LogP) is 22.9. The number of hydrogen-bond acceptors (Lipinski definition) is 2. The van der Waals surface area contributed by atoms with Crippen molar-refractivity contribution in [3.63, 3.8) is 0 Å². The van der Waals surface area contributed by atoms with Crippen LogP contribution in [0.1, 0.15) is 149 Å². The van der Waals surface area contributed by atoms with E-state index in [0.717, 1.165) is 37.8 Å². The number of hydrogen-bond donors (Lipinski definition) is 0. The lowest BCUT2D eigenvalue weighted by molar-refractivity contribution is 0.436. The van der Waals surface area contributed by atoms with Gasteiger partial charge in [-0.3, -0.25) is 0 Å². The molecule has 418 valence electrons. The molecule has 0 radical (unpaired) electrons. The Kier molecular flexibility index (Phi) is 15.9. The van der Waals surface area contributed by atoms with Crippen molar-refractivity contribution in [1.82, 2.24) is 0 Å². The Hall–Kier alpha value is -8.72. The summed E-state index contributed by atoms with van der Waals surface area (Å²) in [6.45, 7) is 16.0. The zero-order valence-corrected chi connectivity index (χ0v) is 50.5. The van der Waals surface area contributed by atoms with Gasteiger partial charge in [0, 0.05) is 45.8 Å². The molecule has 2 heteroatoms. The minimum absolute atomic E-state index is 0.241. The molecular formula is C82H80N2. The second kappa shape index (κ2) is 23.9. The molecule has 4 unspecified atom stereocenters. The lowest BCUT2D eigenvalue weighted by Gasteiger charge is -2.45. The number of rotatable bonds is 6. The van der Waals surface area contributed by atoms with Gasteiger partial charge in [-0.05, 0) is 159 Å². The molecule has 1 spiro atoms. The molecule has 0 N–H and O–H groups in total. The second-order valence-corrected chi connectivity index (χ2v) is 21.9. The molecule has 0 saturated heterocycles. The molecule has 0 bridgehead atoms. The van der Waals surface area contributed by atoms with E-state index >= 15 is 0 Å². The quantitative estimate of drug-likeness (QED) is 0.164. The van der Waals surface area contributed by atoms with Gasteiger partial charge in [-0.15, -0.1) is 0 Å². The minimum atomic E-state index is -0.595. The van der Waals surface area contributed by atoms with E-state index in [1.807, 2.05) is 55.4 Å². The van der Waals surface area contributed by atoms with Crippen molar-refractivity contribution in [2.75, 3.05) is 9.80 Å². The zero-order valence-electron chi connectivity index (χ0n) is 50.5. The van der Waals surface area contributed by atoms with Gasteiger partial charge in [0.2, 0.25) is 0 Å². The molecule has 7 aliphatic carbocycles. The van der Waals surface area contributed by atoms with Crippen molar-refractivity contribution in [2.45, 2.75) is 110 Å². The van der Waals surface area contributed by atoms with E-state index in [0.29, 0.717) is 5.92 Å². The van der Waals surface area contributed by atoms with Crippen LogP contribution in [0.3, 0.4) is 0 Å². The van der Waals surface area contributed by atoms with E-state index in [9.17, 15) is 0 Å². The van der Waals surface area contributed by atoms with Gasteiger partial charge in [0.1, 0.15) is 0 Å². The SMILES string of the molecule is C1=CCCC(C2(c3ccccc3)c3cc(N(c4ccc5c(c4)C4CC=CC=C4C4=C5C=CCC4)c4cccc5c4-c4ccccc4C54c5ccccc5N(c5ccccc5)c5ccccc54)ccc3C3C=CC=CC32)=C1.CC.CC.CC.CC. The highest BCUT2D eigenvalue weighted by Gasteiger charge is 2.55. The van der Waals surface area contributed by atoms with Crippen molar-refractivity contribution in [2.24, 2.45) is 5.92 Å². The van der Waals surface area contributed by atoms with Crippen LogP contribution in [-0.2, 0) is 10.8 Å². The highest BCUT2D eigenvalue weighted by molar-refractivity contribution is 6.02. The highest BCUT2D eigenvalue weighted by atomic mass is 15.2. The average Bonchev–Trinajstić information content (AvgIpc) is 1.51. The Morgan fingerprint density at radius 2 is 1.11 bits per heavy atom. The van der Waals surface area contributed by atoms with Crippen molar-refractivity contribution < 1.29 is 0 Å². The number of allylic oxidation sites excluding steroid dienone is 16. The second-order valence-electron chi connectivity index (χ2n) is 21.9. The number of fused-ring (bicyclic) bond motifs is 17. The Morgan fingerprint density at radius 3 is 1.85 bits per heavy atom. The van der Waals surface area contributed by atoms with Crippen molar-refractivity contribution in [3.05, 3.63) is 328 Å². The summed E-state index contributed by atoms with van der Waals surface area (Å²) in [7, 11) is 0. The molecular weight excluding hydrogens is 1010 g/mol. The van der Waals surface area contributed by atoms with Crippen LogP contribution < -0.4 is 9.80 Å². The summed E-state index contributed by atoms with van der Waals surface area (Å²) in [6, 6.07) is 72.4. The molecule has 16 rings (SSSR count). The third kappa shape index (κ3) is 8.42. The van der Waals surface area contributed by atoms with Crippen LogP contribution in [0.15, 0.2) is 278 Å². The Balaban J connectivity index is 0.000000835. The third-order valence-corrected chi connectivity index (χ3v) is 18.5. The molecule has 1 heterocycles. The molecule has 1 aliphatic heterocycles. The van der Waals surface area contributed by atoms with Crippen LogP contribution >= 0.6 is 0 Å². The molecule has 2 nitrogen and oxygen atoms in total. The lowest BCUT2D eigenvalue weighted by atomic mass is 9.61. The summed E-state index contributed by atoms with van der Waals surface area (Å²) < 4.78 is 0. The Labute approximate surface area is 501 Å². The largest absolute Gasteiger partial charge is 0.310 e. The standard InChI is InChI=1S/C74H56N2.4C2H6/c1-4-23-49(24-5-1)73(50-25-6-2-7-26-50)63-35-16-14-33-59(63)60-46-44-53(48-68(60)73)75(52-43-45-58-56-31-11-10-29-54(56)55-30-12-13-32-57(55)62(58)47-52)71-42-22-39-67-72(71)61-34-15-17-36-64(61)74(67)65-37-18-20-40-69(65)76(51-27-8-3-9-28-51)70-41-21-19-38-66(70)74;4*1-2/h1-6,8-9,11-25,27-28,30-31,33-48,57,59,63H,7,10,26,29,32H2;4*1-2H3. The monoisotopic (exact) mass is 1090 g/mol. The summed E-state index contributed by atoms with van der Waals surface area (Å²) in [4.78, 5) is 5.14. The first-order valence-corrected chi connectivity index (χ1v) is 31.6. The van der Waals surface area contributed by atoms with Gasteiger partial charge in [0.05, 0.1) is 22.5 Å². The summed E-state index contributed by atoms with van der Waals surface area (Å²) in [5, 5.41) is 0. The van der Waals surface area contributed by atoms with Gasteiger partial charge >= 0.3 is 0 Å². The minimum Gasteiger partial charge on any atom is -0.310 e. The predicted molar refractivity (Wildman–Crippen MR) is 360 cm³/mol. The van der Waals surface area contributed by atoms with Crippen LogP contribution in [-0.4, -0.2) is 0 Å². The van der Waals surface area contributed by atoms with Gasteiger partial charge in [-0.2, -0.15) is 0 Å². The number of nitrogens with zero attached hydrogens (tertiary/aromatic N) is 2. The average molecular weight is 1090 g/mol. The van der Waals surface area contributed by atoms with Gasteiger partial charge in [-0.1, -0.05) is 267 Å². The van der Waals surface area contributed by atoms with Gasteiger partial charge in [0.15, 0.2) is 0 Å². The Morgan fingerprint density at radius 1 is 0.476 bits per heavy atom. The lowest BCUT2D eigenvalue weighted by Crippen LogP contribution is -2.36. The first-order valence-electron chi connectivity index (χ1n) is 31.6. The maximum Gasteiger partial charge on any atom is 0.0755 e. The maximum absolute atomic E-state index is 2.66. The van der Waals surface area contributed by atoms with Crippen LogP contribution in [0.4, 0.5) is 34.1 Å². The van der Waals surface area contributed by atoms with Crippen LogP contribution in [0.2, 0.25) is 0 Å². The summed E-state index contributed by atoms with van der Waals surface area (Å²) in [5.74, 6) is 0.799. The Bertz CT molecular complexity index is 3960. The van der Waals surface area contributed by atoms with Gasteiger partial charge in [-0.25, -0.2) is 0 Å². The van der Waals surface area contributed by atoms with E-state index in [1.54, 1.807) is 0 Å². The van der Waals surface area contributed by atoms with Crippen molar-refractivity contribution in [1.29, 1.82) is 0 Å². The first kappa shape index (κ1) is 55.8. The van der Waals surface area contributed by atoms with Crippen molar-refractivity contribution >= 4 is 39.7 Å². The molecule has 4 atom stereocenters. The molecule has 8 aliphatic rings. The first-order chi connectivity index (χ1) is 41.7. The topological polar surface area (TPSA) is 6.48 Å². The molecule has 8 aromatic carbocycles. The highest BCUT2D eigenvalue weighted by Crippen LogP contribution is 2.67. The third-order valence-electron chi connectivity index (χ3n) is 18.5. The molecule has 0 aromatic heterocycles. The number of benzene rings is 8. The van der Waals surface area contributed by atoms with Gasteiger partial charge < -0.3 is 9.80 Å². The molecule has 0 amide bonds. The van der Waals surface area contributed by atoms with E-state index < -0.39 is 5.41 Å². The fourth-order valence-corrected chi connectivity index (χ4v) is 15.6. The van der Waals surface area contributed by atoms with E-state index in [1.165, 1.54) is 112 Å². The fraction of sp³-hybridized carbons (Fsp3) is 0.220.